The minimum atomic E-state index is -3.58. The van der Waals surface area contributed by atoms with Crippen LogP contribution in [0.1, 0.15) is 30.1 Å². The molecule has 3 aromatic rings. The van der Waals surface area contributed by atoms with Crippen molar-refractivity contribution in [3.8, 4) is 17.2 Å². The summed E-state index contributed by atoms with van der Waals surface area (Å²) in [5, 5.41) is 10.3. The van der Waals surface area contributed by atoms with Crippen LogP contribution in [0.5, 0.6) is 5.75 Å². The van der Waals surface area contributed by atoms with E-state index in [1.54, 1.807) is 18.2 Å². The number of sulfonamides is 1. The summed E-state index contributed by atoms with van der Waals surface area (Å²) in [4.78, 5) is 12.7. The number of hydrogen-bond donors (Lipinski definition) is 1. The van der Waals surface area contributed by atoms with Gasteiger partial charge in [-0.3, -0.25) is 10.1 Å². The van der Waals surface area contributed by atoms with Crippen LogP contribution in [-0.2, 0) is 10.0 Å². The molecule has 0 saturated carbocycles. The number of nitrogens with one attached hydrogen (secondary N) is 1. The van der Waals surface area contributed by atoms with E-state index in [0.29, 0.717) is 30.3 Å². The number of piperidine rings is 1. The standard InChI is InChI=1S/C22H24N4O5S/c1-15-6-5-13-26(14-15)32(28,29)17-11-9-16(10-12-17)20(27)23-22-25-24-21(31-22)18-7-3-4-8-19(18)30-2/h3-4,7-12,15H,5-6,13-14H2,1-2H3,(H,23,25,27). The number of aromatic nitrogens is 2. The summed E-state index contributed by atoms with van der Waals surface area (Å²) >= 11 is 0. The zero-order chi connectivity index (χ0) is 22.7. The highest BCUT2D eigenvalue weighted by Crippen LogP contribution is 2.29. The highest BCUT2D eigenvalue weighted by atomic mass is 32.2. The zero-order valence-corrected chi connectivity index (χ0v) is 18.6. The number of carbonyl (C=O) groups excluding carboxylic acids is 1. The van der Waals surface area contributed by atoms with Crippen LogP contribution >= 0.6 is 0 Å². The average molecular weight is 457 g/mol. The van der Waals surface area contributed by atoms with E-state index in [-0.39, 0.29) is 22.4 Å². The minimum Gasteiger partial charge on any atom is -0.496 e. The first kappa shape index (κ1) is 22.0. The van der Waals surface area contributed by atoms with E-state index >= 15 is 0 Å². The summed E-state index contributed by atoms with van der Waals surface area (Å²) in [6, 6.07) is 12.9. The van der Waals surface area contributed by atoms with Crippen LogP contribution in [0.25, 0.3) is 11.5 Å². The monoisotopic (exact) mass is 456 g/mol. The lowest BCUT2D eigenvalue weighted by Gasteiger charge is -2.30. The molecule has 1 amide bonds. The number of ether oxygens (including phenoxy) is 1. The summed E-state index contributed by atoms with van der Waals surface area (Å²) in [7, 11) is -2.05. The van der Waals surface area contributed by atoms with Crippen molar-refractivity contribution >= 4 is 21.9 Å². The molecule has 168 valence electrons. The summed E-state index contributed by atoms with van der Waals surface area (Å²) in [6.07, 6.45) is 1.88. The second-order valence-electron chi connectivity index (χ2n) is 7.70. The molecule has 1 aromatic heterocycles. The van der Waals surface area contributed by atoms with E-state index in [1.165, 1.54) is 35.7 Å². The Morgan fingerprint density at radius 1 is 1.16 bits per heavy atom. The molecule has 4 rings (SSSR count). The molecule has 2 heterocycles. The number of methoxy groups -OCH3 is 1. The van der Waals surface area contributed by atoms with Crippen molar-refractivity contribution in [3.63, 3.8) is 0 Å². The van der Waals surface area contributed by atoms with Gasteiger partial charge in [-0.2, -0.15) is 4.31 Å². The maximum Gasteiger partial charge on any atom is 0.322 e. The lowest BCUT2D eigenvalue weighted by molar-refractivity contribution is 0.102. The van der Waals surface area contributed by atoms with Gasteiger partial charge in [0.2, 0.25) is 10.0 Å². The number of amides is 1. The van der Waals surface area contributed by atoms with Crippen LogP contribution in [0.15, 0.2) is 57.8 Å². The SMILES string of the molecule is COc1ccccc1-c1nnc(NC(=O)c2ccc(S(=O)(=O)N3CCCC(C)C3)cc2)o1. The van der Waals surface area contributed by atoms with E-state index in [4.69, 9.17) is 9.15 Å². The second kappa shape index (κ2) is 9.09. The first-order valence-electron chi connectivity index (χ1n) is 10.3. The van der Waals surface area contributed by atoms with E-state index < -0.39 is 15.9 Å². The maximum absolute atomic E-state index is 12.9. The van der Waals surface area contributed by atoms with Gasteiger partial charge in [0.15, 0.2) is 0 Å². The summed E-state index contributed by atoms with van der Waals surface area (Å²) in [5.74, 6) is 0.610. The molecule has 9 nitrogen and oxygen atoms in total. The van der Waals surface area contributed by atoms with Gasteiger partial charge in [0.25, 0.3) is 11.8 Å². The molecule has 1 N–H and O–H groups in total. The minimum absolute atomic E-state index is 0.0742. The Hall–Kier alpha value is -3.24. The molecular formula is C22H24N4O5S. The van der Waals surface area contributed by atoms with Crippen molar-refractivity contribution in [2.45, 2.75) is 24.7 Å². The van der Waals surface area contributed by atoms with Crippen LogP contribution in [0.4, 0.5) is 6.01 Å². The highest BCUT2D eigenvalue weighted by Gasteiger charge is 2.28. The molecule has 1 fully saturated rings. The number of nitrogens with zero attached hydrogens (tertiary/aromatic N) is 3. The van der Waals surface area contributed by atoms with Crippen LogP contribution in [0, 0.1) is 5.92 Å². The van der Waals surface area contributed by atoms with Gasteiger partial charge in [-0.25, -0.2) is 8.42 Å². The number of benzene rings is 2. The molecule has 2 aromatic carbocycles. The fourth-order valence-electron chi connectivity index (χ4n) is 3.67. The smallest absolute Gasteiger partial charge is 0.322 e. The van der Waals surface area contributed by atoms with Gasteiger partial charge in [0, 0.05) is 18.7 Å². The number of hydrogen-bond acceptors (Lipinski definition) is 7. The Morgan fingerprint density at radius 3 is 2.62 bits per heavy atom. The van der Waals surface area contributed by atoms with Crippen molar-refractivity contribution in [3.05, 3.63) is 54.1 Å². The average Bonchev–Trinajstić information content (AvgIpc) is 3.27. The normalized spacial score (nSPS) is 17.1. The fraction of sp³-hybridized carbons (Fsp3) is 0.318. The predicted octanol–water partition coefficient (Wildman–Crippen LogP) is 3.42. The molecule has 0 aliphatic carbocycles. The van der Waals surface area contributed by atoms with Gasteiger partial charge >= 0.3 is 6.01 Å². The number of rotatable bonds is 6. The topological polar surface area (TPSA) is 115 Å². The first-order chi connectivity index (χ1) is 15.4. The number of carbonyl (C=O) groups is 1. The molecule has 1 aliphatic rings. The van der Waals surface area contributed by atoms with Gasteiger partial charge < -0.3 is 9.15 Å². The van der Waals surface area contributed by atoms with Gasteiger partial charge in [-0.05, 0) is 55.2 Å². The van der Waals surface area contributed by atoms with Crippen molar-refractivity contribution < 1.29 is 22.4 Å². The van der Waals surface area contributed by atoms with Crippen molar-refractivity contribution in [2.75, 3.05) is 25.5 Å². The van der Waals surface area contributed by atoms with E-state index in [9.17, 15) is 13.2 Å². The third kappa shape index (κ3) is 4.51. The van der Waals surface area contributed by atoms with Gasteiger partial charge in [0.05, 0.1) is 17.6 Å². The van der Waals surface area contributed by atoms with E-state index in [0.717, 1.165) is 12.8 Å². The zero-order valence-electron chi connectivity index (χ0n) is 17.8. The third-order valence-corrected chi connectivity index (χ3v) is 7.24. The predicted molar refractivity (Wildman–Crippen MR) is 118 cm³/mol. The molecule has 0 radical (unpaired) electrons. The molecular weight excluding hydrogens is 432 g/mol. The molecule has 1 aliphatic heterocycles. The van der Waals surface area contributed by atoms with E-state index in [2.05, 4.69) is 15.5 Å². The molecule has 32 heavy (non-hydrogen) atoms. The van der Waals surface area contributed by atoms with Crippen LogP contribution in [-0.4, -0.2) is 49.0 Å². The largest absolute Gasteiger partial charge is 0.496 e. The first-order valence-corrected chi connectivity index (χ1v) is 11.7. The Morgan fingerprint density at radius 2 is 1.91 bits per heavy atom. The molecule has 0 bridgehead atoms. The lowest BCUT2D eigenvalue weighted by Crippen LogP contribution is -2.39. The lowest BCUT2D eigenvalue weighted by atomic mass is 10.0. The molecule has 10 heteroatoms. The highest BCUT2D eigenvalue weighted by molar-refractivity contribution is 7.89. The van der Waals surface area contributed by atoms with Crippen LogP contribution < -0.4 is 10.1 Å². The van der Waals surface area contributed by atoms with Crippen LogP contribution in [0.2, 0.25) is 0 Å². The summed E-state index contributed by atoms with van der Waals surface area (Å²) < 4.78 is 38.1. The van der Waals surface area contributed by atoms with E-state index in [1.807, 2.05) is 13.0 Å². The summed E-state index contributed by atoms with van der Waals surface area (Å²) in [6.45, 7) is 3.07. The molecule has 1 atom stereocenters. The molecule has 1 unspecified atom stereocenters. The maximum atomic E-state index is 12.9. The van der Waals surface area contributed by atoms with Crippen molar-refractivity contribution in [2.24, 2.45) is 5.92 Å². The Balaban J connectivity index is 1.46. The van der Waals surface area contributed by atoms with Gasteiger partial charge in [-0.1, -0.05) is 24.2 Å². The van der Waals surface area contributed by atoms with Gasteiger partial charge in [0.1, 0.15) is 5.75 Å². The Kier molecular flexibility index (Phi) is 6.24. The summed E-state index contributed by atoms with van der Waals surface area (Å²) in [5.41, 5.74) is 0.873. The molecule has 0 spiro atoms. The van der Waals surface area contributed by atoms with Crippen LogP contribution in [0.3, 0.4) is 0 Å². The number of para-hydroxylation sites is 1. The quantitative estimate of drug-likeness (QED) is 0.604. The number of anilines is 1. The van der Waals surface area contributed by atoms with Crippen molar-refractivity contribution in [1.82, 2.24) is 14.5 Å². The Labute approximate surface area is 186 Å². The second-order valence-corrected chi connectivity index (χ2v) is 9.64. The molecule has 1 saturated heterocycles. The Bertz CT molecular complexity index is 1210. The fourth-order valence-corrected chi connectivity index (χ4v) is 5.26. The van der Waals surface area contributed by atoms with Crippen molar-refractivity contribution in [1.29, 1.82) is 0 Å². The third-order valence-electron chi connectivity index (χ3n) is 5.36. The van der Waals surface area contributed by atoms with Gasteiger partial charge in [-0.15, -0.1) is 5.10 Å².